The highest BCUT2D eigenvalue weighted by Gasteiger charge is 2.50. The van der Waals surface area contributed by atoms with Gasteiger partial charge in [0.05, 0.1) is 21.9 Å². The second kappa shape index (κ2) is 8.07. The standard InChI is InChI=1S/C23H31ClN2O2S/c24-21-5-4-19(29(28)26-6-2-1-3-7-26)11-20(21)22(27)25-15-23-12-16-8-17(13-23)10-18(9-16)14-23/h4-5,11,16-18H,1-3,6-10,12-15H2,(H,25,27). The number of hydrogen-bond donors (Lipinski definition) is 1. The number of nitrogens with one attached hydrogen (secondary N) is 1. The van der Waals surface area contributed by atoms with Crippen LogP contribution in [0.4, 0.5) is 0 Å². The molecule has 4 nitrogen and oxygen atoms in total. The lowest BCUT2D eigenvalue weighted by Crippen LogP contribution is -2.51. The van der Waals surface area contributed by atoms with Crippen LogP contribution >= 0.6 is 11.6 Å². The van der Waals surface area contributed by atoms with Gasteiger partial charge in [-0.25, -0.2) is 0 Å². The smallest absolute Gasteiger partial charge is 0.253 e. The lowest BCUT2D eigenvalue weighted by molar-refractivity contribution is -0.0503. The first-order chi connectivity index (χ1) is 14.0. The van der Waals surface area contributed by atoms with E-state index in [1.165, 1.54) is 44.9 Å². The first-order valence-electron chi connectivity index (χ1n) is 11.3. The quantitative estimate of drug-likeness (QED) is 0.677. The minimum Gasteiger partial charge on any atom is -0.593 e. The molecule has 1 amide bonds. The fourth-order valence-electron chi connectivity index (χ4n) is 6.84. The summed E-state index contributed by atoms with van der Waals surface area (Å²) < 4.78 is 14.9. The Labute approximate surface area is 182 Å². The number of benzene rings is 1. The second-order valence-corrected chi connectivity index (χ2v) is 11.9. The molecular formula is C23H31ClN2O2S. The number of carbonyl (C=O) groups excluding carboxylic acids is 1. The summed E-state index contributed by atoms with van der Waals surface area (Å²) in [6.07, 6.45) is 11.4. The van der Waals surface area contributed by atoms with Crippen LogP contribution in [0.5, 0.6) is 0 Å². The first kappa shape index (κ1) is 20.2. The van der Waals surface area contributed by atoms with E-state index in [4.69, 9.17) is 11.6 Å². The van der Waals surface area contributed by atoms with Gasteiger partial charge in [-0.2, -0.15) is 0 Å². The number of amides is 1. The molecule has 0 aromatic heterocycles. The zero-order valence-electron chi connectivity index (χ0n) is 17.0. The number of halogens is 1. The highest BCUT2D eigenvalue weighted by atomic mass is 35.5. The van der Waals surface area contributed by atoms with E-state index >= 15 is 0 Å². The molecule has 1 heterocycles. The first-order valence-corrected chi connectivity index (χ1v) is 12.7. The Morgan fingerprint density at radius 3 is 2.34 bits per heavy atom. The van der Waals surface area contributed by atoms with Crippen LogP contribution in [0, 0.1) is 23.2 Å². The average Bonchev–Trinajstić information content (AvgIpc) is 2.71. The van der Waals surface area contributed by atoms with Crippen LogP contribution in [0.15, 0.2) is 23.1 Å². The van der Waals surface area contributed by atoms with Gasteiger partial charge in [-0.3, -0.25) is 4.79 Å². The van der Waals surface area contributed by atoms with Crippen molar-refractivity contribution in [2.45, 2.75) is 62.7 Å². The van der Waals surface area contributed by atoms with Gasteiger partial charge in [0.15, 0.2) is 4.90 Å². The maximum Gasteiger partial charge on any atom is 0.253 e. The number of rotatable bonds is 5. The SMILES string of the molecule is O=C(NCC12CC3CC(CC(C3)C1)C2)c1cc([S+]([O-])N2CCCCC2)ccc1Cl. The van der Waals surface area contributed by atoms with Crippen molar-refractivity contribution in [1.82, 2.24) is 9.62 Å². The molecule has 1 aromatic rings. The van der Waals surface area contributed by atoms with Crippen molar-refractivity contribution in [2.75, 3.05) is 19.6 Å². The zero-order valence-corrected chi connectivity index (χ0v) is 18.6. The van der Waals surface area contributed by atoms with E-state index in [1.54, 1.807) is 18.2 Å². The molecule has 5 aliphatic rings. The molecule has 1 atom stereocenters. The maximum absolute atomic E-state index is 13.0. The molecule has 29 heavy (non-hydrogen) atoms. The van der Waals surface area contributed by atoms with Crippen molar-refractivity contribution in [3.05, 3.63) is 28.8 Å². The second-order valence-electron chi connectivity index (χ2n) is 9.98. The largest absolute Gasteiger partial charge is 0.593 e. The van der Waals surface area contributed by atoms with Crippen molar-refractivity contribution >= 4 is 28.9 Å². The topological polar surface area (TPSA) is 55.4 Å². The van der Waals surface area contributed by atoms with E-state index in [2.05, 4.69) is 5.32 Å². The molecule has 158 valence electrons. The normalized spacial score (nSPS) is 34.9. The highest BCUT2D eigenvalue weighted by Crippen LogP contribution is 2.59. The van der Waals surface area contributed by atoms with Crippen molar-refractivity contribution in [1.29, 1.82) is 0 Å². The third-order valence-electron chi connectivity index (χ3n) is 7.72. The van der Waals surface area contributed by atoms with Crippen molar-refractivity contribution in [3.8, 4) is 0 Å². The Morgan fingerprint density at radius 2 is 1.72 bits per heavy atom. The van der Waals surface area contributed by atoms with Gasteiger partial charge in [0.25, 0.3) is 5.91 Å². The van der Waals surface area contributed by atoms with Crippen LogP contribution in [-0.2, 0) is 11.4 Å². The molecule has 6 rings (SSSR count). The number of nitrogens with zero attached hydrogens (tertiary/aromatic N) is 1. The number of piperidine rings is 1. The summed E-state index contributed by atoms with van der Waals surface area (Å²) in [5, 5.41) is 3.64. The van der Waals surface area contributed by atoms with E-state index in [9.17, 15) is 9.35 Å². The van der Waals surface area contributed by atoms with Crippen LogP contribution in [0.1, 0.15) is 68.1 Å². The lowest BCUT2D eigenvalue weighted by Gasteiger charge is -2.56. The summed E-state index contributed by atoms with van der Waals surface area (Å²) in [7, 11) is 0. The number of hydrogen-bond acceptors (Lipinski definition) is 3. The van der Waals surface area contributed by atoms with Gasteiger partial charge in [0, 0.05) is 25.7 Å². The van der Waals surface area contributed by atoms with Gasteiger partial charge in [-0.15, -0.1) is 4.31 Å². The van der Waals surface area contributed by atoms with Gasteiger partial charge in [0.2, 0.25) is 0 Å². The minimum absolute atomic E-state index is 0.122. The van der Waals surface area contributed by atoms with E-state index in [-0.39, 0.29) is 5.91 Å². The molecule has 1 unspecified atom stereocenters. The Balaban J connectivity index is 1.27. The van der Waals surface area contributed by atoms with Crippen molar-refractivity contribution < 1.29 is 9.35 Å². The average molecular weight is 435 g/mol. The van der Waals surface area contributed by atoms with E-state index < -0.39 is 11.4 Å². The predicted molar refractivity (Wildman–Crippen MR) is 116 cm³/mol. The fraction of sp³-hybridized carbons (Fsp3) is 0.696. The van der Waals surface area contributed by atoms with Crippen molar-refractivity contribution in [3.63, 3.8) is 0 Å². The monoisotopic (exact) mass is 434 g/mol. The Hall–Kier alpha value is -0.750. The number of carbonyl (C=O) groups is 1. The molecule has 4 aliphatic carbocycles. The van der Waals surface area contributed by atoms with Crippen LogP contribution in [-0.4, -0.2) is 34.4 Å². The zero-order chi connectivity index (χ0) is 20.0. The summed E-state index contributed by atoms with van der Waals surface area (Å²) >= 11 is 5.14. The van der Waals surface area contributed by atoms with Gasteiger partial charge >= 0.3 is 0 Å². The van der Waals surface area contributed by atoms with Crippen LogP contribution < -0.4 is 5.32 Å². The third kappa shape index (κ3) is 4.08. The highest BCUT2D eigenvalue weighted by molar-refractivity contribution is 7.89. The lowest BCUT2D eigenvalue weighted by atomic mass is 9.49. The molecule has 1 saturated heterocycles. The summed E-state index contributed by atoms with van der Waals surface area (Å²) in [4.78, 5) is 13.7. The molecule has 4 saturated carbocycles. The molecule has 4 bridgehead atoms. The summed E-state index contributed by atoms with van der Waals surface area (Å²) in [5.74, 6) is 2.49. The summed E-state index contributed by atoms with van der Waals surface area (Å²) in [6, 6.07) is 5.25. The van der Waals surface area contributed by atoms with Crippen LogP contribution in [0.25, 0.3) is 0 Å². The molecular weight excluding hydrogens is 404 g/mol. The van der Waals surface area contributed by atoms with Gasteiger partial charge in [-0.1, -0.05) is 18.0 Å². The van der Waals surface area contributed by atoms with Crippen LogP contribution in [0.2, 0.25) is 5.02 Å². The summed E-state index contributed by atoms with van der Waals surface area (Å²) in [6.45, 7) is 2.46. The van der Waals surface area contributed by atoms with Crippen LogP contribution in [0.3, 0.4) is 0 Å². The van der Waals surface area contributed by atoms with Crippen molar-refractivity contribution in [2.24, 2.45) is 23.2 Å². The molecule has 1 aromatic carbocycles. The molecule has 1 aliphatic heterocycles. The molecule has 6 heteroatoms. The Kier molecular flexibility index (Phi) is 5.61. The third-order valence-corrected chi connectivity index (χ3v) is 9.54. The maximum atomic E-state index is 13.0. The minimum atomic E-state index is -1.22. The van der Waals surface area contributed by atoms with E-state index in [0.717, 1.165) is 50.2 Å². The molecule has 0 radical (unpaired) electrons. The summed E-state index contributed by atoms with van der Waals surface area (Å²) in [5.41, 5.74) is 0.754. The Bertz CT molecular complexity index is 745. The van der Waals surface area contributed by atoms with E-state index in [0.29, 0.717) is 20.9 Å². The van der Waals surface area contributed by atoms with Gasteiger partial charge < -0.3 is 9.87 Å². The van der Waals surface area contributed by atoms with E-state index in [1.807, 2.05) is 4.31 Å². The van der Waals surface area contributed by atoms with Gasteiger partial charge in [-0.05, 0) is 86.7 Å². The molecule has 0 spiro atoms. The fourth-order valence-corrected chi connectivity index (χ4v) is 8.33. The predicted octanol–water partition coefficient (Wildman–Crippen LogP) is 4.79. The van der Waals surface area contributed by atoms with Gasteiger partial charge in [0.1, 0.15) is 0 Å². The Morgan fingerprint density at radius 1 is 1.10 bits per heavy atom. The molecule has 5 fully saturated rings. The molecule has 1 N–H and O–H groups in total.